The highest BCUT2D eigenvalue weighted by Gasteiger charge is 2.43. The molecule has 31 heavy (non-hydrogen) atoms. The number of piperidine rings is 1. The van der Waals surface area contributed by atoms with Gasteiger partial charge in [-0.15, -0.1) is 0 Å². The molecular formula is C22H25F2N5O2. The molecule has 0 unspecified atom stereocenters. The van der Waals surface area contributed by atoms with Crippen molar-refractivity contribution in [3.05, 3.63) is 24.4 Å². The Kier molecular flexibility index (Phi) is 4.41. The summed E-state index contributed by atoms with van der Waals surface area (Å²) in [7, 11) is 0. The van der Waals surface area contributed by atoms with Crippen molar-refractivity contribution in [3.8, 4) is 17.0 Å². The molecule has 0 radical (unpaired) electrons. The van der Waals surface area contributed by atoms with E-state index < -0.39 is 6.61 Å². The summed E-state index contributed by atoms with van der Waals surface area (Å²) in [5.41, 5.74) is 8.12. The van der Waals surface area contributed by atoms with E-state index in [2.05, 4.69) is 25.6 Å². The van der Waals surface area contributed by atoms with Gasteiger partial charge in [0.05, 0.1) is 24.4 Å². The third-order valence-corrected chi connectivity index (χ3v) is 7.11. The van der Waals surface area contributed by atoms with Gasteiger partial charge < -0.3 is 25.0 Å². The Morgan fingerprint density at radius 3 is 2.61 bits per heavy atom. The van der Waals surface area contributed by atoms with Gasteiger partial charge in [-0.3, -0.25) is 0 Å². The Labute approximate surface area is 179 Å². The summed E-state index contributed by atoms with van der Waals surface area (Å²) in [6.45, 7) is -0.342. The molecule has 0 spiro atoms. The van der Waals surface area contributed by atoms with Crippen LogP contribution in [0.5, 0.6) is 5.75 Å². The predicted molar refractivity (Wildman–Crippen MR) is 112 cm³/mol. The monoisotopic (exact) mass is 429 g/mol. The fraction of sp³-hybridized carbons (Fsp3) is 0.545. The van der Waals surface area contributed by atoms with Crippen molar-refractivity contribution < 1.29 is 18.3 Å². The summed E-state index contributed by atoms with van der Waals surface area (Å²) >= 11 is 0. The van der Waals surface area contributed by atoms with E-state index in [1.165, 1.54) is 18.9 Å². The van der Waals surface area contributed by atoms with E-state index in [9.17, 15) is 8.78 Å². The predicted octanol–water partition coefficient (Wildman–Crippen LogP) is 3.29. The molecule has 0 aromatic carbocycles. The molecule has 5 saturated heterocycles. The number of fused-ring (bicyclic) bond motifs is 4. The number of rotatable bonds is 5. The van der Waals surface area contributed by atoms with E-state index in [4.69, 9.17) is 15.5 Å². The lowest BCUT2D eigenvalue weighted by Gasteiger charge is -2.46. The number of nitrogen functional groups attached to an aromatic ring is 1. The van der Waals surface area contributed by atoms with Crippen LogP contribution in [0.25, 0.3) is 11.3 Å². The minimum Gasteiger partial charge on any atom is -0.431 e. The first kappa shape index (κ1) is 19.0. The van der Waals surface area contributed by atoms with E-state index >= 15 is 0 Å². The molecule has 2 atom stereocenters. The zero-order valence-electron chi connectivity index (χ0n) is 17.1. The quantitative estimate of drug-likeness (QED) is 0.782. The minimum absolute atomic E-state index is 0.0636. The zero-order valence-corrected chi connectivity index (χ0v) is 17.1. The molecule has 0 amide bonds. The van der Waals surface area contributed by atoms with Gasteiger partial charge in [-0.2, -0.15) is 8.78 Å². The molecular weight excluding hydrogens is 404 g/mol. The molecule has 1 saturated carbocycles. The molecule has 8 rings (SSSR count). The molecule has 2 N–H and O–H groups in total. The Bertz CT molecular complexity index is 992. The molecule has 6 fully saturated rings. The van der Waals surface area contributed by atoms with Crippen molar-refractivity contribution in [2.75, 3.05) is 35.2 Å². The number of morpholine rings is 1. The number of nitrogens with two attached hydrogens (primary N) is 1. The number of alkyl halides is 2. The van der Waals surface area contributed by atoms with E-state index in [1.807, 2.05) is 6.07 Å². The molecule has 1 aliphatic carbocycles. The summed E-state index contributed by atoms with van der Waals surface area (Å²) < 4.78 is 36.0. The van der Waals surface area contributed by atoms with Crippen molar-refractivity contribution in [2.24, 2.45) is 5.92 Å². The molecule has 6 aliphatic rings. The third-order valence-electron chi connectivity index (χ3n) is 7.11. The molecule has 4 bridgehead atoms. The maximum Gasteiger partial charge on any atom is 0.387 e. The number of nitrogens with zero attached hydrogens (tertiary/aromatic N) is 4. The van der Waals surface area contributed by atoms with Gasteiger partial charge in [0, 0.05) is 42.6 Å². The molecule has 2 aromatic heterocycles. The maximum absolute atomic E-state index is 12.8. The molecule has 9 heteroatoms. The average Bonchev–Trinajstić information content (AvgIpc) is 3.37. The number of pyridine rings is 2. The standard InChI is InChI=1S/C22H25F2N5O2/c23-22(24)31-19-5-13(8-26-21(19)25)18-6-16(28-10-17-2-1-14(28)11-30-17)7-20(27-18)29-9-12-3-15(29)4-12/h5-8,12,14-15,17,22H,1-4,9-11H2,(H2,25,26)/t12?,14-,15?,17-/m0/s1. The second kappa shape index (κ2) is 7.19. The molecule has 164 valence electrons. The first-order valence-corrected chi connectivity index (χ1v) is 10.9. The number of hydrogen-bond donors (Lipinski definition) is 1. The van der Waals surface area contributed by atoms with Gasteiger partial charge in [-0.25, -0.2) is 9.97 Å². The van der Waals surface area contributed by atoms with Crippen LogP contribution >= 0.6 is 0 Å². The average molecular weight is 429 g/mol. The van der Waals surface area contributed by atoms with E-state index in [-0.39, 0.29) is 17.7 Å². The topological polar surface area (TPSA) is 76.7 Å². The number of ether oxygens (including phenoxy) is 2. The number of halogens is 2. The highest BCUT2D eigenvalue weighted by molar-refractivity contribution is 5.71. The number of aromatic nitrogens is 2. The Balaban J connectivity index is 1.41. The largest absolute Gasteiger partial charge is 0.431 e. The third kappa shape index (κ3) is 3.35. The number of hydrogen-bond acceptors (Lipinski definition) is 7. The van der Waals surface area contributed by atoms with Crippen molar-refractivity contribution in [2.45, 2.75) is 50.5 Å². The van der Waals surface area contributed by atoms with Gasteiger partial charge in [-0.05, 0) is 43.7 Å². The summed E-state index contributed by atoms with van der Waals surface area (Å²) in [5, 5.41) is 0. The van der Waals surface area contributed by atoms with Crippen molar-refractivity contribution in [1.82, 2.24) is 9.97 Å². The van der Waals surface area contributed by atoms with Crippen LogP contribution in [0, 0.1) is 5.92 Å². The SMILES string of the molecule is Nc1ncc(-c2cc(N3C[C@@H]4CC[C@H]3CO4)cc(N3CC4CC3C4)n2)cc1OC(F)F. The summed E-state index contributed by atoms with van der Waals surface area (Å²) in [5.74, 6) is 1.50. The van der Waals surface area contributed by atoms with Crippen LogP contribution in [0.2, 0.25) is 0 Å². The normalized spacial score (nSPS) is 28.9. The Morgan fingerprint density at radius 1 is 1.10 bits per heavy atom. The zero-order chi connectivity index (χ0) is 21.1. The lowest BCUT2D eigenvalue weighted by Crippen LogP contribution is -2.54. The van der Waals surface area contributed by atoms with Crippen molar-refractivity contribution in [1.29, 1.82) is 0 Å². The van der Waals surface area contributed by atoms with Gasteiger partial charge in [0.15, 0.2) is 11.6 Å². The molecule has 7 nitrogen and oxygen atoms in total. The summed E-state index contributed by atoms with van der Waals surface area (Å²) in [6, 6.07) is 6.59. The minimum atomic E-state index is -2.96. The van der Waals surface area contributed by atoms with Crippen LogP contribution in [-0.2, 0) is 4.74 Å². The van der Waals surface area contributed by atoms with Crippen molar-refractivity contribution >= 4 is 17.3 Å². The fourth-order valence-corrected chi connectivity index (χ4v) is 5.43. The van der Waals surface area contributed by atoms with Crippen LogP contribution in [0.3, 0.4) is 0 Å². The van der Waals surface area contributed by atoms with Gasteiger partial charge in [0.2, 0.25) is 0 Å². The van der Waals surface area contributed by atoms with Gasteiger partial charge in [0.1, 0.15) is 5.82 Å². The molecule has 2 aromatic rings. The molecule has 7 heterocycles. The molecule has 5 aliphatic heterocycles. The fourth-order valence-electron chi connectivity index (χ4n) is 5.43. The first-order chi connectivity index (χ1) is 15.0. The number of anilines is 3. The Hall–Kier alpha value is -2.68. The van der Waals surface area contributed by atoms with E-state index in [0.717, 1.165) is 50.0 Å². The van der Waals surface area contributed by atoms with Crippen LogP contribution in [-0.4, -0.2) is 54.5 Å². The Morgan fingerprint density at radius 2 is 1.97 bits per heavy atom. The lowest BCUT2D eigenvalue weighted by molar-refractivity contribution is -0.0494. The van der Waals surface area contributed by atoms with E-state index in [0.29, 0.717) is 23.3 Å². The highest BCUT2D eigenvalue weighted by atomic mass is 19.3. The lowest BCUT2D eigenvalue weighted by atomic mass is 9.86. The van der Waals surface area contributed by atoms with Crippen molar-refractivity contribution in [3.63, 3.8) is 0 Å². The second-order valence-electron chi connectivity index (χ2n) is 9.04. The smallest absolute Gasteiger partial charge is 0.387 e. The second-order valence-corrected chi connectivity index (χ2v) is 9.04. The van der Waals surface area contributed by atoms with Gasteiger partial charge in [-0.1, -0.05) is 0 Å². The maximum atomic E-state index is 12.8. The highest BCUT2D eigenvalue weighted by Crippen LogP contribution is 2.44. The van der Waals surface area contributed by atoms with Gasteiger partial charge >= 0.3 is 6.61 Å². The summed E-state index contributed by atoms with van der Waals surface area (Å²) in [4.78, 5) is 13.8. The van der Waals surface area contributed by atoms with Crippen LogP contribution in [0.1, 0.15) is 25.7 Å². The van der Waals surface area contributed by atoms with E-state index in [1.54, 1.807) is 6.20 Å². The van der Waals surface area contributed by atoms with Crippen LogP contribution < -0.4 is 20.3 Å². The van der Waals surface area contributed by atoms with Crippen LogP contribution in [0.15, 0.2) is 24.4 Å². The summed E-state index contributed by atoms with van der Waals surface area (Å²) in [6.07, 6.45) is 6.48. The first-order valence-electron chi connectivity index (χ1n) is 10.9. The van der Waals surface area contributed by atoms with Gasteiger partial charge in [0.25, 0.3) is 0 Å². The van der Waals surface area contributed by atoms with Crippen LogP contribution in [0.4, 0.5) is 26.1 Å².